The number of anilines is 1. The lowest BCUT2D eigenvalue weighted by Gasteiger charge is -2.17. The smallest absolute Gasteiger partial charge is 0.168 e. The lowest BCUT2D eigenvalue weighted by Crippen LogP contribution is -2.18. The van der Waals surface area contributed by atoms with Crippen LogP contribution in [0, 0.1) is 5.82 Å². The largest absolute Gasteiger partial charge is 0.367 e. The highest BCUT2D eigenvalue weighted by atomic mass is 32.2. The maximum Gasteiger partial charge on any atom is 0.168 e. The fraction of sp³-hybridized carbons (Fsp3) is 0.391. The van der Waals surface area contributed by atoms with Gasteiger partial charge in [0.1, 0.15) is 11.6 Å². The highest BCUT2D eigenvalue weighted by molar-refractivity contribution is 7.98. The van der Waals surface area contributed by atoms with E-state index in [4.69, 9.17) is 4.98 Å². The first-order valence-corrected chi connectivity index (χ1v) is 11.5. The quantitative estimate of drug-likeness (QED) is 0.405. The van der Waals surface area contributed by atoms with E-state index in [1.54, 1.807) is 23.9 Å². The number of hydrogen-bond acceptors (Lipinski definition) is 4. The van der Waals surface area contributed by atoms with Gasteiger partial charge in [0.15, 0.2) is 5.16 Å². The number of thioether (sulfide) groups is 1. The second kappa shape index (κ2) is 8.99. The summed E-state index contributed by atoms with van der Waals surface area (Å²) in [7, 11) is 2.03. The Morgan fingerprint density at radius 2 is 1.76 bits per heavy atom. The topological polar surface area (TPSA) is 42.7 Å². The van der Waals surface area contributed by atoms with Gasteiger partial charge >= 0.3 is 0 Å². The van der Waals surface area contributed by atoms with Crippen molar-refractivity contribution >= 4 is 17.6 Å². The van der Waals surface area contributed by atoms with Crippen LogP contribution in [0.5, 0.6) is 0 Å². The molecule has 3 aromatic rings. The second-order valence-corrected chi connectivity index (χ2v) is 8.40. The third-order valence-corrected chi connectivity index (χ3v) is 6.33. The summed E-state index contributed by atoms with van der Waals surface area (Å²) in [6.07, 6.45) is 11.5. The molecule has 0 bridgehead atoms. The number of hydrogen-bond donors (Lipinski definition) is 1. The third-order valence-electron chi connectivity index (χ3n) is 5.59. The molecule has 0 unspecified atom stereocenters. The summed E-state index contributed by atoms with van der Waals surface area (Å²) in [6, 6.07) is 11.2. The number of imidazole rings is 1. The van der Waals surface area contributed by atoms with E-state index in [1.807, 2.05) is 25.6 Å². The van der Waals surface area contributed by atoms with Gasteiger partial charge in [-0.15, -0.1) is 0 Å². The van der Waals surface area contributed by atoms with Gasteiger partial charge < -0.3 is 9.88 Å². The fourth-order valence-electron chi connectivity index (χ4n) is 4.09. The van der Waals surface area contributed by atoms with Gasteiger partial charge in [0.2, 0.25) is 0 Å². The van der Waals surface area contributed by atoms with Crippen LogP contribution in [0.4, 0.5) is 10.2 Å². The average molecular weight is 411 g/mol. The third kappa shape index (κ3) is 4.47. The van der Waals surface area contributed by atoms with Crippen molar-refractivity contribution in [1.82, 2.24) is 14.5 Å². The van der Waals surface area contributed by atoms with Gasteiger partial charge in [0, 0.05) is 30.4 Å². The Hall–Kier alpha value is -2.34. The van der Waals surface area contributed by atoms with E-state index in [0.29, 0.717) is 6.04 Å². The van der Waals surface area contributed by atoms with Crippen LogP contribution in [-0.2, 0) is 7.05 Å². The summed E-state index contributed by atoms with van der Waals surface area (Å²) in [5, 5.41) is 4.57. The Bertz CT molecular complexity index is 960. The summed E-state index contributed by atoms with van der Waals surface area (Å²) < 4.78 is 15.5. The van der Waals surface area contributed by atoms with Crippen molar-refractivity contribution in [2.45, 2.75) is 49.7 Å². The van der Waals surface area contributed by atoms with E-state index >= 15 is 0 Å². The molecule has 1 saturated carbocycles. The minimum Gasteiger partial charge on any atom is -0.367 e. The summed E-state index contributed by atoms with van der Waals surface area (Å²) >= 11 is 1.60. The number of halogens is 1. The van der Waals surface area contributed by atoms with Crippen LogP contribution in [0.2, 0.25) is 0 Å². The van der Waals surface area contributed by atoms with Crippen molar-refractivity contribution in [3.63, 3.8) is 0 Å². The maximum absolute atomic E-state index is 13.4. The zero-order valence-electron chi connectivity index (χ0n) is 17.0. The van der Waals surface area contributed by atoms with Crippen molar-refractivity contribution in [1.29, 1.82) is 0 Å². The molecule has 1 aromatic carbocycles. The predicted molar refractivity (Wildman–Crippen MR) is 119 cm³/mol. The molecule has 1 N–H and O–H groups in total. The highest BCUT2D eigenvalue weighted by Crippen LogP contribution is 2.35. The molecule has 1 aliphatic rings. The SMILES string of the molecule is CSc1nc(-c2ccc(F)cc2)c(-c2ccnc(NC3CCCCCC3)c2)n1C. The Labute approximate surface area is 176 Å². The number of aromatic nitrogens is 3. The molecule has 0 amide bonds. The molecule has 1 aliphatic carbocycles. The standard InChI is InChI=1S/C23H27FN4S/c1-28-22(21(27-23(28)29-2)16-9-11-18(24)12-10-16)17-13-14-25-20(15-17)26-19-7-5-3-4-6-8-19/h9-15,19H,3-8H2,1-2H3,(H,25,26). The molecule has 0 aliphatic heterocycles. The van der Waals surface area contributed by atoms with Crippen LogP contribution in [-0.4, -0.2) is 26.8 Å². The zero-order chi connectivity index (χ0) is 20.2. The van der Waals surface area contributed by atoms with E-state index in [9.17, 15) is 4.39 Å². The molecule has 2 aromatic heterocycles. The van der Waals surface area contributed by atoms with E-state index in [-0.39, 0.29) is 5.82 Å². The van der Waals surface area contributed by atoms with Crippen LogP contribution in [0.15, 0.2) is 47.8 Å². The van der Waals surface area contributed by atoms with E-state index in [2.05, 4.69) is 20.9 Å². The van der Waals surface area contributed by atoms with Gasteiger partial charge in [-0.25, -0.2) is 14.4 Å². The molecule has 0 spiro atoms. The zero-order valence-corrected chi connectivity index (χ0v) is 17.8. The number of nitrogens with zero attached hydrogens (tertiary/aromatic N) is 3. The molecule has 29 heavy (non-hydrogen) atoms. The lowest BCUT2D eigenvalue weighted by molar-refractivity contribution is 0.618. The summed E-state index contributed by atoms with van der Waals surface area (Å²) in [4.78, 5) is 9.39. The Morgan fingerprint density at radius 1 is 1.03 bits per heavy atom. The van der Waals surface area contributed by atoms with Crippen LogP contribution >= 0.6 is 11.8 Å². The van der Waals surface area contributed by atoms with Crippen molar-refractivity contribution in [3.8, 4) is 22.5 Å². The Balaban J connectivity index is 1.70. The molecule has 6 heteroatoms. The minimum atomic E-state index is -0.241. The minimum absolute atomic E-state index is 0.241. The summed E-state index contributed by atoms with van der Waals surface area (Å²) in [5.41, 5.74) is 3.86. The van der Waals surface area contributed by atoms with Crippen molar-refractivity contribution in [2.24, 2.45) is 7.05 Å². The number of benzene rings is 1. The van der Waals surface area contributed by atoms with Gasteiger partial charge in [-0.2, -0.15) is 0 Å². The maximum atomic E-state index is 13.4. The molecular weight excluding hydrogens is 383 g/mol. The Kier molecular flexibility index (Phi) is 6.19. The first-order chi connectivity index (χ1) is 14.2. The molecule has 1 fully saturated rings. The van der Waals surface area contributed by atoms with Crippen molar-refractivity contribution in [3.05, 3.63) is 48.4 Å². The van der Waals surface area contributed by atoms with Crippen LogP contribution in [0.3, 0.4) is 0 Å². The molecule has 152 valence electrons. The predicted octanol–water partition coefficient (Wildman–Crippen LogP) is 6.14. The van der Waals surface area contributed by atoms with Gasteiger partial charge in [-0.3, -0.25) is 0 Å². The summed E-state index contributed by atoms with van der Waals surface area (Å²) in [5.74, 6) is 0.668. The van der Waals surface area contributed by atoms with Crippen LogP contribution in [0.1, 0.15) is 38.5 Å². The van der Waals surface area contributed by atoms with Gasteiger partial charge in [0.25, 0.3) is 0 Å². The number of nitrogens with one attached hydrogen (secondary N) is 1. The van der Waals surface area contributed by atoms with Crippen molar-refractivity contribution < 1.29 is 4.39 Å². The monoisotopic (exact) mass is 410 g/mol. The molecular formula is C23H27FN4S. The first-order valence-electron chi connectivity index (χ1n) is 10.3. The number of pyridine rings is 1. The van der Waals surface area contributed by atoms with Gasteiger partial charge in [-0.05, 0) is 55.5 Å². The van der Waals surface area contributed by atoms with Crippen LogP contribution < -0.4 is 5.32 Å². The van der Waals surface area contributed by atoms with Gasteiger partial charge in [-0.1, -0.05) is 37.4 Å². The molecule has 4 rings (SSSR count). The molecule has 4 nitrogen and oxygen atoms in total. The van der Waals surface area contributed by atoms with E-state index in [1.165, 1.54) is 50.7 Å². The lowest BCUT2D eigenvalue weighted by atomic mass is 10.0. The normalized spacial score (nSPS) is 15.3. The number of rotatable bonds is 5. The average Bonchev–Trinajstić information content (AvgIpc) is 2.88. The Morgan fingerprint density at radius 3 is 2.45 bits per heavy atom. The fourth-order valence-corrected chi connectivity index (χ4v) is 4.64. The second-order valence-electron chi connectivity index (χ2n) is 7.62. The van der Waals surface area contributed by atoms with E-state index in [0.717, 1.165) is 33.5 Å². The first kappa shape index (κ1) is 20.0. The van der Waals surface area contributed by atoms with E-state index < -0.39 is 0 Å². The van der Waals surface area contributed by atoms with Gasteiger partial charge in [0.05, 0.1) is 11.4 Å². The highest BCUT2D eigenvalue weighted by Gasteiger charge is 2.19. The van der Waals surface area contributed by atoms with Crippen molar-refractivity contribution in [2.75, 3.05) is 11.6 Å². The van der Waals surface area contributed by atoms with Crippen LogP contribution in [0.25, 0.3) is 22.5 Å². The molecule has 0 saturated heterocycles. The molecule has 0 radical (unpaired) electrons. The summed E-state index contributed by atoms with van der Waals surface area (Å²) in [6.45, 7) is 0. The molecule has 2 heterocycles. The molecule has 0 atom stereocenters.